The van der Waals surface area contributed by atoms with Gasteiger partial charge in [-0.15, -0.1) is 0 Å². The molecule has 0 aromatic heterocycles. The predicted octanol–water partition coefficient (Wildman–Crippen LogP) is 2.59. The van der Waals surface area contributed by atoms with Crippen LogP contribution >= 0.6 is 0 Å². The van der Waals surface area contributed by atoms with Crippen molar-refractivity contribution in [2.75, 3.05) is 19.1 Å². The van der Waals surface area contributed by atoms with E-state index < -0.39 is 34.4 Å². The third-order valence-corrected chi connectivity index (χ3v) is 4.84. The summed E-state index contributed by atoms with van der Waals surface area (Å²) in [5, 5.41) is 15.1. The molecule has 1 aliphatic rings. The van der Waals surface area contributed by atoms with Crippen LogP contribution in [0.4, 0.5) is 5.69 Å². The zero-order valence-corrected chi connectivity index (χ0v) is 16.9. The molecule has 0 fully saturated rings. The molecular formula is C21H20N4O6. The van der Waals surface area contributed by atoms with E-state index >= 15 is 0 Å². The minimum atomic E-state index is -0.941. The molecule has 1 atom stereocenters. The Balaban J connectivity index is 1.95. The Hall–Kier alpha value is -3.92. The Labute approximate surface area is 177 Å². The van der Waals surface area contributed by atoms with Crippen molar-refractivity contribution in [3.05, 3.63) is 75.3 Å². The number of benzene rings is 2. The van der Waals surface area contributed by atoms with Crippen molar-refractivity contribution < 1.29 is 24.0 Å². The minimum Gasteiger partial charge on any atom is -0.383 e. The second kappa shape index (κ2) is 9.26. The van der Waals surface area contributed by atoms with Crippen LogP contribution in [0.25, 0.3) is 0 Å². The number of anilines is 1. The smallest absolute Gasteiger partial charge is 0.383 e. The van der Waals surface area contributed by atoms with E-state index in [-0.39, 0.29) is 29.0 Å². The average molecular weight is 424 g/mol. The Morgan fingerprint density at radius 2 is 1.87 bits per heavy atom. The number of carbonyl (C=O) groups is 3. The Morgan fingerprint density at radius 1 is 1.16 bits per heavy atom. The molecule has 0 saturated heterocycles. The standard InChI is InChI=1S/C21H20N4O6/c1-3-14(12-31-2)24-20(27)15-10-7-11-16(17(15)21(24)28)22-23-19(25(29)30)18(26)13-8-5-4-6-9-13/h4-11,14,22H,3,12H2,1-2H3. The van der Waals surface area contributed by atoms with Gasteiger partial charge in [-0.25, -0.2) is 0 Å². The van der Waals surface area contributed by atoms with Crippen LogP contribution in [0, 0.1) is 10.1 Å². The van der Waals surface area contributed by atoms with Gasteiger partial charge in [0.25, 0.3) is 17.6 Å². The van der Waals surface area contributed by atoms with Gasteiger partial charge in [0.05, 0.1) is 34.6 Å². The van der Waals surface area contributed by atoms with Crippen LogP contribution < -0.4 is 5.43 Å². The molecule has 3 rings (SSSR count). The van der Waals surface area contributed by atoms with Gasteiger partial charge < -0.3 is 14.9 Å². The molecule has 160 valence electrons. The topological polar surface area (TPSA) is 131 Å². The number of ketones is 1. The summed E-state index contributed by atoms with van der Waals surface area (Å²) in [6, 6.07) is 11.7. The molecule has 2 amide bonds. The lowest BCUT2D eigenvalue weighted by molar-refractivity contribution is -0.347. The number of rotatable bonds is 8. The van der Waals surface area contributed by atoms with Gasteiger partial charge in [0.1, 0.15) is 0 Å². The number of hydrogen-bond donors (Lipinski definition) is 1. The largest absolute Gasteiger partial charge is 0.436 e. The lowest BCUT2D eigenvalue weighted by atomic mass is 10.1. The quantitative estimate of drug-likeness (QED) is 0.172. The molecule has 2 aromatic carbocycles. The molecule has 2 aromatic rings. The fourth-order valence-electron chi connectivity index (χ4n) is 3.30. The summed E-state index contributed by atoms with van der Waals surface area (Å²) < 4.78 is 5.11. The van der Waals surface area contributed by atoms with Gasteiger partial charge in [-0.3, -0.25) is 19.3 Å². The second-order valence-corrected chi connectivity index (χ2v) is 6.73. The zero-order chi connectivity index (χ0) is 22.5. The lowest BCUT2D eigenvalue weighted by Gasteiger charge is -2.24. The van der Waals surface area contributed by atoms with Crippen LogP contribution in [-0.4, -0.2) is 53.0 Å². The van der Waals surface area contributed by atoms with Crippen LogP contribution in [0.3, 0.4) is 0 Å². The minimum absolute atomic E-state index is 0.0423. The van der Waals surface area contributed by atoms with E-state index in [2.05, 4.69) is 10.5 Å². The van der Waals surface area contributed by atoms with Crippen LogP contribution in [0.5, 0.6) is 0 Å². The van der Waals surface area contributed by atoms with Crippen molar-refractivity contribution in [3.8, 4) is 0 Å². The number of nitrogens with one attached hydrogen (secondary N) is 1. The summed E-state index contributed by atoms with van der Waals surface area (Å²) in [6.07, 6.45) is 0.497. The number of carbonyl (C=O) groups excluding carboxylic acids is 3. The number of amides is 2. The number of methoxy groups -OCH3 is 1. The third kappa shape index (κ3) is 4.19. The molecular weight excluding hydrogens is 404 g/mol. The molecule has 0 radical (unpaired) electrons. The molecule has 0 aliphatic carbocycles. The molecule has 1 unspecified atom stereocenters. The summed E-state index contributed by atoms with van der Waals surface area (Å²) in [7, 11) is 1.48. The predicted molar refractivity (Wildman–Crippen MR) is 112 cm³/mol. The van der Waals surface area contributed by atoms with Crippen molar-refractivity contribution in [1.29, 1.82) is 0 Å². The highest BCUT2D eigenvalue weighted by Crippen LogP contribution is 2.31. The van der Waals surface area contributed by atoms with Gasteiger partial charge in [-0.05, 0) is 23.5 Å². The third-order valence-electron chi connectivity index (χ3n) is 4.84. The summed E-state index contributed by atoms with van der Waals surface area (Å²) >= 11 is 0. The number of Topliss-reactive ketones (excluding diaryl/α,β-unsaturated/α-hetero) is 1. The van der Waals surface area contributed by atoms with Crippen molar-refractivity contribution in [1.82, 2.24) is 4.90 Å². The number of nitrogens with zero attached hydrogens (tertiary/aromatic N) is 3. The van der Waals surface area contributed by atoms with Gasteiger partial charge >= 0.3 is 5.84 Å². The van der Waals surface area contributed by atoms with Crippen LogP contribution in [0.1, 0.15) is 44.4 Å². The van der Waals surface area contributed by atoms with Crippen molar-refractivity contribution >= 4 is 29.1 Å². The first kappa shape index (κ1) is 21.8. The number of ether oxygens (including phenoxy) is 1. The molecule has 1 heterocycles. The zero-order valence-electron chi connectivity index (χ0n) is 16.9. The van der Waals surface area contributed by atoms with E-state index in [1.165, 1.54) is 37.4 Å². The van der Waals surface area contributed by atoms with Gasteiger partial charge in [0, 0.05) is 12.7 Å². The maximum atomic E-state index is 13.0. The van der Waals surface area contributed by atoms with Gasteiger partial charge in [-0.1, -0.05) is 43.3 Å². The van der Waals surface area contributed by atoms with Gasteiger partial charge in [0.2, 0.25) is 0 Å². The maximum absolute atomic E-state index is 13.0. The van der Waals surface area contributed by atoms with Gasteiger partial charge in [0.15, 0.2) is 0 Å². The lowest BCUT2D eigenvalue weighted by Crippen LogP contribution is -2.42. The van der Waals surface area contributed by atoms with E-state index in [1.54, 1.807) is 18.2 Å². The molecule has 1 aliphatic heterocycles. The Morgan fingerprint density at radius 3 is 2.48 bits per heavy atom. The summed E-state index contributed by atoms with van der Waals surface area (Å²) in [4.78, 5) is 49.9. The normalized spacial score (nSPS) is 14.4. The first-order chi connectivity index (χ1) is 14.9. The molecule has 31 heavy (non-hydrogen) atoms. The van der Waals surface area contributed by atoms with Gasteiger partial charge in [-0.2, -0.15) is 5.43 Å². The van der Waals surface area contributed by atoms with Crippen molar-refractivity contribution in [2.45, 2.75) is 19.4 Å². The number of fused-ring (bicyclic) bond motifs is 1. The number of amidine groups is 1. The number of nitro groups is 1. The highest BCUT2D eigenvalue weighted by molar-refractivity contribution is 6.42. The van der Waals surface area contributed by atoms with Crippen molar-refractivity contribution in [3.63, 3.8) is 0 Å². The van der Waals surface area contributed by atoms with Crippen LogP contribution in [-0.2, 0) is 4.74 Å². The van der Waals surface area contributed by atoms with E-state index in [9.17, 15) is 24.5 Å². The number of hydrogen-bond acceptors (Lipinski definition) is 8. The molecule has 10 nitrogen and oxygen atoms in total. The Bertz CT molecular complexity index is 1070. The fourth-order valence-corrected chi connectivity index (χ4v) is 3.30. The van der Waals surface area contributed by atoms with E-state index in [4.69, 9.17) is 4.74 Å². The van der Waals surface area contributed by atoms with E-state index in [0.29, 0.717) is 6.42 Å². The van der Waals surface area contributed by atoms with Crippen LogP contribution in [0.15, 0.2) is 53.6 Å². The SMILES string of the molecule is CCC(COC)N1C(=O)c2cccc(NN=C(C(=O)c3ccccc3)[N+](=O)[O-])c2C1=O. The van der Waals surface area contributed by atoms with Crippen molar-refractivity contribution in [2.24, 2.45) is 5.10 Å². The average Bonchev–Trinajstić information content (AvgIpc) is 3.03. The fraction of sp³-hybridized carbons (Fsp3) is 0.238. The van der Waals surface area contributed by atoms with E-state index in [1.807, 2.05) is 6.92 Å². The highest BCUT2D eigenvalue weighted by Gasteiger charge is 2.41. The maximum Gasteiger partial charge on any atom is 0.436 e. The molecule has 0 spiro atoms. The first-order valence-corrected chi connectivity index (χ1v) is 9.48. The molecule has 10 heteroatoms. The number of hydrazone groups is 1. The molecule has 0 bridgehead atoms. The summed E-state index contributed by atoms with van der Waals surface area (Å²) in [5.41, 5.74) is 2.81. The molecule has 0 saturated carbocycles. The number of imide groups is 1. The summed E-state index contributed by atoms with van der Waals surface area (Å²) in [5.74, 6) is -2.87. The van der Waals surface area contributed by atoms with E-state index in [0.717, 1.165) is 4.90 Å². The second-order valence-electron chi connectivity index (χ2n) is 6.73. The Kier molecular flexibility index (Phi) is 6.51. The highest BCUT2D eigenvalue weighted by atomic mass is 16.6. The first-order valence-electron chi connectivity index (χ1n) is 9.48. The molecule has 1 N–H and O–H groups in total. The monoisotopic (exact) mass is 424 g/mol. The van der Waals surface area contributed by atoms with Crippen LogP contribution in [0.2, 0.25) is 0 Å². The summed E-state index contributed by atoms with van der Waals surface area (Å²) in [6.45, 7) is 2.01.